The van der Waals surface area contributed by atoms with Crippen molar-refractivity contribution in [2.45, 2.75) is 19.4 Å². The van der Waals surface area contributed by atoms with Crippen molar-refractivity contribution < 1.29 is 14.3 Å². The van der Waals surface area contributed by atoms with E-state index in [0.717, 1.165) is 16.1 Å². The zero-order valence-corrected chi connectivity index (χ0v) is 18.6. The molecule has 33 heavy (non-hydrogen) atoms. The van der Waals surface area contributed by atoms with E-state index >= 15 is 0 Å². The fraction of sp³-hybridized carbons (Fsp3) is 0.160. The minimum atomic E-state index is -0.287. The van der Waals surface area contributed by atoms with Gasteiger partial charge in [-0.1, -0.05) is 30.3 Å². The Balaban J connectivity index is 1.27. The first-order valence-corrected chi connectivity index (χ1v) is 11.5. The average Bonchev–Trinajstić information content (AvgIpc) is 3.49. The number of carbonyl (C=O) groups is 2. The number of amides is 2. The number of nitrogens with one attached hydrogen (secondary N) is 2. The Labute approximate surface area is 195 Å². The second-order valence-corrected chi connectivity index (χ2v) is 8.78. The highest BCUT2D eigenvalue weighted by Gasteiger charge is 2.26. The Morgan fingerprint density at radius 3 is 2.73 bits per heavy atom. The van der Waals surface area contributed by atoms with Gasteiger partial charge in [0.15, 0.2) is 5.82 Å². The van der Waals surface area contributed by atoms with Crippen LogP contribution in [0.2, 0.25) is 0 Å². The van der Waals surface area contributed by atoms with Crippen molar-refractivity contribution in [1.29, 1.82) is 0 Å². The minimum Gasteiger partial charge on any atom is -0.457 e. The topological polar surface area (TPSA) is 87.3 Å². The van der Waals surface area contributed by atoms with E-state index < -0.39 is 0 Å². The van der Waals surface area contributed by atoms with Crippen molar-refractivity contribution in [2.24, 2.45) is 0 Å². The van der Waals surface area contributed by atoms with Gasteiger partial charge in [0.1, 0.15) is 11.5 Å². The molecule has 5 rings (SSSR count). The predicted molar refractivity (Wildman–Crippen MR) is 127 cm³/mol. The molecule has 2 aromatic heterocycles. The van der Waals surface area contributed by atoms with E-state index in [4.69, 9.17) is 4.74 Å². The van der Waals surface area contributed by atoms with Crippen LogP contribution in [0.4, 0.5) is 5.82 Å². The van der Waals surface area contributed by atoms with E-state index in [2.05, 4.69) is 15.5 Å². The number of para-hydroxylation sites is 1. The summed E-state index contributed by atoms with van der Waals surface area (Å²) in [4.78, 5) is 28.5. The van der Waals surface area contributed by atoms with Crippen molar-refractivity contribution in [3.63, 3.8) is 0 Å². The molecule has 0 fully saturated rings. The van der Waals surface area contributed by atoms with Gasteiger partial charge >= 0.3 is 0 Å². The van der Waals surface area contributed by atoms with Crippen LogP contribution >= 0.6 is 11.3 Å². The van der Waals surface area contributed by atoms with Gasteiger partial charge in [0.25, 0.3) is 5.91 Å². The van der Waals surface area contributed by atoms with Crippen LogP contribution in [0.15, 0.2) is 72.1 Å². The van der Waals surface area contributed by atoms with Gasteiger partial charge in [-0.25, -0.2) is 0 Å². The van der Waals surface area contributed by atoms with Gasteiger partial charge in [-0.3, -0.25) is 14.7 Å². The third-order valence-electron chi connectivity index (χ3n) is 5.50. The molecule has 7 nitrogen and oxygen atoms in total. The monoisotopic (exact) mass is 458 g/mol. The number of benzene rings is 2. The molecule has 2 amide bonds. The summed E-state index contributed by atoms with van der Waals surface area (Å²) in [6.07, 6.45) is 1.07. The number of aromatic nitrogens is 2. The van der Waals surface area contributed by atoms with Crippen molar-refractivity contribution >= 4 is 29.0 Å². The van der Waals surface area contributed by atoms with Gasteiger partial charge in [-0.05, 0) is 41.8 Å². The lowest BCUT2D eigenvalue weighted by Gasteiger charge is -2.27. The van der Waals surface area contributed by atoms with E-state index in [1.165, 1.54) is 0 Å². The Kier molecular flexibility index (Phi) is 5.91. The first-order chi connectivity index (χ1) is 16.2. The molecule has 0 bridgehead atoms. The van der Waals surface area contributed by atoms with Crippen molar-refractivity contribution in [1.82, 2.24) is 15.1 Å². The summed E-state index contributed by atoms with van der Waals surface area (Å²) in [5.41, 5.74) is 2.26. The number of carbonyl (C=O) groups excluding carboxylic acids is 2. The number of rotatable bonds is 6. The van der Waals surface area contributed by atoms with Crippen molar-refractivity contribution in [3.8, 4) is 11.5 Å². The van der Waals surface area contributed by atoms with Crippen LogP contribution < -0.4 is 10.1 Å². The lowest BCUT2D eigenvalue weighted by Crippen LogP contribution is -2.37. The number of aromatic amines is 1. The Bertz CT molecular complexity index is 1270. The van der Waals surface area contributed by atoms with Crippen LogP contribution in [0.1, 0.15) is 26.5 Å². The van der Waals surface area contributed by atoms with Crippen LogP contribution in [0.3, 0.4) is 0 Å². The quantitative estimate of drug-likeness (QED) is 0.441. The number of thiophene rings is 1. The summed E-state index contributed by atoms with van der Waals surface area (Å²) in [5, 5.41) is 12.2. The molecule has 1 aliphatic heterocycles. The summed E-state index contributed by atoms with van der Waals surface area (Å²) >= 11 is 1.58. The highest BCUT2D eigenvalue weighted by Crippen LogP contribution is 2.26. The van der Waals surface area contributed by atoms with Gasteiger partial charge in [0, 0.05) is 34.7 Å². The maximum absolute atomic E-state index is 12.9. The molecule has 3 heterocycles. The molecule has 0 aliphatic carbocycles. The van der Waals surface area contributed by atoms with E-state index in [0.29, 0.717) is 48.8 Å². The molecule has 0 unspecified atom stereocenters. The molecule has 1 aliphatic rings. The fourth-order valence-electron chi connectivity index (χ4n) is 3.79. The van der Waals surface area contributed by atoms with Gasteiger partial charge in [-0.2, -0.15) is 5.10 Å². The van der Waals surface area contributed by atoms with Crippen LogP contribution in [-0.2, 0) is 24.2 Å². The highest BCUT2D eigenvalue weighted by molar-refractivity contribution is 7.10. The first kappa shape index (κ1) is 21.0. The van der Waals surface area contributed by atoms with Gasteiger partial charge in [0.05, 0.1) is 13.0 Å². The second kappa shape index (κ2) is 9.30. The molecule has 0 radical (unpaired) electrons. The van der Waals surface area contributed by atoms with E-state index in [1.54, 1.807) is 35.6 Å². The number of fused-ring (bicyclic) bond motifs is 1. The number of H-pyrrole nitrogens is 1. The molecule has 8 heteroatoms. The average molecular weight is 459 g/mol. The lowest BCUT2D eigenvalue weighted by molar-refractivity contribution is -0.131. The molecule has 2 N–H and O–H groups in total. The maximum Gasteiger partial charge on any atom is 0.257 e. The zero-order chi connectivity index (χ0) is 22.6. The van der Waals surface area contributed by atoms with Gasteiger partial charge < -0.3 is 15.0 Å². The van der Waals surface area contributed by atoms with Crippen LogP contribution in [0.5, 0.6) is 11.5 Å². The van der Waals surface area contributed by atoms with Crippen LogP contribution in [-0.4, -0.2) is 33.5 Å². The molecule has 0 saturated carbocycles. The zero-order valence-electron chi connectivity index (χ0n) is 17.8. The van der Waals surface area contributed by atoms with Gasteiger partial charge in [0.2, 0.25) is 5.91 Å². The minimum absolute atomic E-state index is 0.0762. The van der Waals surface area contributed by atoms with Crippen LogP contribution in [0.25, 0.3) is 0 Å². The Morgan fingerprint density at radius 2 is 1.91 bits per heavy atom. The van der Waals surface area contributed by atoms with Crippen molar-refractivity contribution in [3.05, 3.63) is 93.8 Å². The molecule has 0 spiro atoms. The van der Waals surface area contributed by atoms with Gasteiger partial charge in [-0.15, -0.1) is 11.3 Å². The second-order valence-electron chi connectivity index (χ2n) is 7.75. The Hall–Kier alpha value is -3.91. The van der Waals surface area contributed by atoms with E-state index in [1.807, 2.05) is 52.7 Å². The summed E-state index contributed by atoms with van der Waals surface area (Å²) < 4.78 is 5.83. The molecule has 0 saturated heterocycles. The highest BCUT2D eigenvalue weighted by atomic mass is 32.1. The number of ether oxygens (including phenoxy) is 1. The molecule has 0 atom stereocenters. The largest absolute Gasteiger partial charge is 0.457 e. The smallest absolute Gasteiger partial charge is 0.257 e. The van der Waals surface area contributed by atoms with Crippen LogP contribution in [0, 0.1) is 0 Å². The van der Waals surface area contributed by atoms with E-state index in [9.17, 15) is 9.59 Å². The SMILES string of the molecule is O=C(Nc1n[nH]c2c1CN(C(=O)Cc1cccs1)CC2)c1cccc(Oc2ccccc2)c1. The molecule has 2 aromatic carbocycles. The molecular weight excluding hydrogens is 436 g/mol. The molecule has 166 valence electrons. The number of hydrogen-bond donors (Lipinski definition) is 2. The predicted octanol–water partition coefficient (Wildman–Crippen LogP) is 4.64. The van der Waals surface area contributed by atoms with Crippen molar-refractivity contribution in [2.75, 3.05) is 11.9 Å². The van der Waals surface area contributed by atoms with E-state index in [-0.39, 0.29) is 11.8 Å². The maximum atomic E-state index is 12.9. The summed E-state index contributed by atoms with van der Waals surface area (Å²) in [6.45, 7) is 1.05. The lowest BCUT2D eigenvalue weighted by atomic mass is 10.1. The molecular formula is C25H22N4O3S. The Morgan fingerprint density at radius 1 is 1.06 bits per heavy atom. The normalized spacial score (nSPS) is 12.8. The summed E-state index contributed by atoms with van der Waals surface area (Å²) in [5.74, 6) is 1.52. The number of nitrogens with zero attached hydrogens (tertiary/aromatic N) is 2. The molecule has 4 aromatic rings. The standard InChI is InChI=1S/C25H22N4O3S/c30-23(15-20-10-5-13-33-20)29-12-11-22-21(16-29)24(28-27-22)26-25(31)17-6-4-9-19(14-17)32-18-7-2-1-3-8-18/h1-10,13-14H,11-12,15-16H2,(H2,26,27,28,31). The third-order valence-corrected chi connectivity index (χ3v) is 6.38. The third kappa shape index (κ3) is 4.80. The summed E-state index contributed by atoms with van der Waals surface area (Å²) in [6, 6.07) is 20.3. The summed E-state index contributed by atoms with van der Waals surface area (Å²) in [7, 11) is 0. The first-order valence-electron chi connectivity index (χ1n) is 10.7. The number of anilines is 1. The number of hydrogen-bond acceptors (Lipinski definition) is 5. The fourth-order valence-corrected chi connectivity index (χ4v) is 4.49.